The molecule has 1 aliphatic heterocycles. The molecule has 0 aromatic heterocycles. The molecule has 4 rings (SSSR count). The van der Waals surface area contributed by atoms with Crippen LogP contribution < -0.4 is 20.7 Å². The van der Waals surface area contributed by atoms with Crippen molar-refractivity contribution in [2.24, 2.45) is 5.41 Å². The summed E-state index contributed by atoms with van der Waals surface area (Å²) in [6.07, 6.45) is 2.16. The lowest BCUT2D eigenvalue weighted by molar-refractivity contribution is -0.142. The van der Waals surface area contributed by atoms with Crippen molar-refractivity contribution in [2.75, 3.05) is 26.7 Å². The number of nitrogens with zero attached hydrogens (tertiary/aromatic N) is 1. The smallest absolute Gasteiger partial charge is 0.243 e. The maximum atomic E-state index is 13.7. The zero-order valence-corrected chi connectivity index (χ0v) is 24.4. The fraction of sp³-hybridized carbons (Fsp3) is 0.516. The maximum Gasteiger partial charge on any atom is 0.243 e. The number of aliphatic hydroxyl groups is 1. The quantitative estimate of drug-likeness (QED) is 0.368. The van der Waals surface area contributed by atoms with E-state index >= 15 is 0 Å². The topological polar surface area (TPSA) is 140 Å². The molecule has 0 spiro atoms. The number of nitrogens with one attached hydrogen (secondary N) is 3. The molecular formula is C31H41FN4O6. The Morgan fingerprint density at radius 1 is 1.07 bits per heavy atom. The van der Waals surface area contributed by atoms with Gasteiger partial charge in [-0.15, -0.1) is 0 Å². The number of amides is 3. The van der Waals surface area contributed by atoms with Crippen LogP contribution in [0.4, 0.5) is 4.39 Å². The molecule has 1 fully saturated rings. The number of hydrogen-bond acceptors (Lipinski definition) is 7. The molecule has 4 atom stereocenters. The first-order valence-electron chi connectivity index (χ1n) is 14.4. The summed E-state index contributed by atoms with van der Waals surface area (Å²) in [5.41, 5.74) is 0.801. The number of likely N-dealkylation sites (N-methyl/N-ethyl adjacent to an activating group) is 1. The number of phenolic OH excluding ortho intramolecular Hbond substituents is 1. The normalized spacial score (nSPS) is 25.7. The lowest BCUT2D eigenvalue weighted by Crippen LogP contribution is -2.58. The van der Waals surface area contributed by atoms with Crippen molar-refractivity contribution in [1.29, 1.82) is 0 Å². The van der Waals surface area contributed by atoms with Crippen molar-refractivity contribution in [3.63, 3.8) is 0 Å². The van der Waals surface area contributed by atoms with Gasteiger partial charge in [-0.1, -0.05) is 12.1 Å². The van der Waals surface area contributed by atoms with Crippen LogP contribution in [0.3, 0.4) is 0 Å². The highest BCUT2D eigenvalue weighted by Crippen LogP contribution is 2.48. The molecule has 5 N–H and O–H groups in total. The van der Waals surface area contributed by atoms with E-state index < -0.39 is 41.2 Å². The number of phenols is 1. The summed E-state index contributed by atoms with van der Waals surface area (Å²) in [6.45, 7) is 3.89. The van der Waals surface area contributed by atoms with Crippen molar-refractivity contribution in [3.05, 3.63) is 59.4 Å². The summed E-state index contributed by atoms with van der Waals surface area (Å²) in [4.78, 5) is 41.7. The molecule has 2 aliphatic rings. The number of fused-ring (bicyclic) bond motifs is 1. The lowest BCUT2D eigenvalue weighted by atomic mass is 9.95. The summed E-state index contributed by atoms with van der Waals surface area (Å²) in [5.74, 6) is -0.987. The summed E-state index contributed by atoms with van der Waals surface area (Å²) < 4.78 is 19.7. The Morgan fingerprint density at radius 3 is 2.45 bits per heavy atom. The SMILES string of the molecule is C[C@@H]1CN[C@@H](C2(CO)CC2)C(=O)N(C)[C@H](C)C(=O)N[C@H](Cc2ccc(F)cc2)C(=O)NCCCc2cc(O)ccc2O1. The molecule has 2 aromatic carbocycles. The molecule has 0 unspecified atom stereocenters. The van der Waals surface area contributed by atoms with Gasteiger partial charge in [-0.05, 0) is 81.0 Å². The highest BCUT2D eigenvalue weighted by Gasteiger charge is 2.53. The third-order valence-electron chi connectivity index (χ3n) is 8.26. The first kappa shape index (κ1) is 31.2. The van der Waals surface area contributed by atoms with Crippen molar-refractivity contribution in [3.8, 4) is 11.5 Å². The number of aryl methyl sites for hydroxylation is 1. The third kappa shape index (κ3) is 7.57. The Labute approximate surface area is 245 Å². The van der Waals surface area contributed by atoms with Crippen LogP contribution in [0.5, 0.6) is 11.5 Å². The summed E-state index contributed by atoms with van der Waals surface area (Å²) in [7, 11) is 1.53. The fourth-order valence-electron chi connectivity index (χ4n) is 5.22. The first-order chi connectivity index (χ1) is 20.0. The van der Waals surface area contributed by atoms with E-state index in [9.17, 15) is 29.0 Å². The molecule has 0 bridgehead atoms. The predicted molar refractivity (Wildman–Crippen MR) is 154 cm³/mol. The predicted octanol–water partition coefficient (Wildman–Crippen LogP) is 1.67. The van der Waals surface area contributed by atoms with E-state index in [1.807, 2.05) is 6.92 Å². The third-order valence-corrected chi connectivity index (χ3v) is 8.26. The molecule has 228 valence electrons. The molecule has 3 amide bonds. The number of carbonyl (C=O) groups excluding carboxylic acids is 3. The monoisotopic (exact) mass is 584 g/mol. The van der Waals surface area contributed by atoms with Crippen LogP contribution in [0.25, 0.3) is 0 Å². The minimum atomic E-state index is -0.963. The van der Waals surface area contributed by atoms with Gasteiger partial charge in [0.25, 0.3) is 0 Å². The number of aliphatic hydroxyl groups excluding tert-OH is 1. The van der Waals surface area contributed by atoms with E-state index in [1.54, 1.807) is 37.3 Å². The van der Waals surface area contributed by atoms with Crippen molar-refractivity contribution in [1.82, 2.24) is 20.9 Å². The van der Waals surface area contributed by atoms with Gasteiger partial charge in [0.05, 0.1) is 12.6 Å². The first-order valence-corrected chi connectivity index (χ1v) is 14.4. The average Bonchev–Trinajstić information content (AvgIpc) is 3.77. The molecule has 0 saturated heterocycles. The Bertz CT molecular complexity index is 1270. The van der Waals surface area contributed by atoms with Gasteiger partial charge in [-0.25, -0.2) is 4.39 Å². The van der Waals surface area contributed by atoms with Gasteiger partial charge >= 0.3 is 0 Å². The summed E-state index contributed by atoms with van der Waals surface area (Å²) in [6, 6.07) is 7.96. The molecular weight excluding hydrogens is 543 g/mol. The Kier molecular flexibility index (Phi) is 10.1. The lowest BCUT2D eigenvalue weighted by Gasteiger charge is -2.34. The van der Waals surface area contributed by atoms with Crippen LogP contribution >= 0.6 is 0 Å². The molecule has 0 radical (unpaired) electrons. The van der Waals surface area contributed by atoms with Crippen LogP contribution in [-0.4, -0.2) is 83.8 Å². The van der Waals surface area contributed by atoms with Gasteiger partial charge in [-0.3, -0.25) is 14.4 Å². The molecule has 10 nitrogen and oxygen atoms in total. The van der Waals surface area contributed by atoms with Gasteiger partial charge in [0.15, 0.2) is 0 Å². The van der Waals surface area contributed by atoms with Gasteiger partial charge in [-0.2, -0.15) is 0 Å². The number of halogens is 1. The van der Waals surface area contributed by atoms with Gasteiger partial charge < -0.3 is 35.8 Å². The van der Waals surface area contributed by atoms with Gasteiger partial charge in [0.2, 0.25) is 17.7 Å². The second kappa shape index (κ2) is 13.5. The number of carbonyl (C=O) groups is 3. The van der Waals surface area contributed by atoms with E-state index in [2.05, 4.69) is 16.0 Å². The van der Waals surface area contributed by atoms with Gasteiger partial charge in [0, 0.05) is 32.0 Å². The van der Waals surface area contributed by atoms with Gasteiger partial charge in [0.1, 0.15) is 35.5 Å². The second-order valence-corrected chi connectivity index (χ2v) is 11.5. The number of benzene rings is 2. The maximum absolute atomic E-state index is 13.7. The number of aromatic hydroxyl groups is 1. The minimum absolute atomic E-state index is 0.0952. The van der Waals surface area contributed by atoms with E-state index in [1.165, 1.54) is 24.1 Å². The van der Waals surface area contributed by atoms with E-state index in [0.717, 1.165) is 5.56 Å². The Hall–Kier alpha value is -3.70. The number of hydrogen-bond donors (Lipinski definition) is 5. The number of rotatable bonds is 4. The van der Waals surface area contributed by atoms with E-state index in [4.69, 9.17) is 4.74 Å². The zero-order valence-electron chi connectivity index (χ0n) is 24.4. The van der Waals surface area contributed by atoms with Crippen molar-refractivity contribution in [2.45, 2.75) is 70.2 Å². The van der Waals surface area contributed by atoms with E-state index in [-0.39, 0.29) is 30.8 Å². The van der Waals surface area contributed by atoms with Crippen LogP contribution in [0.2, 0.25) is 0 Å². The highest BCUT2D eigenvalue weighted by atomic mass is 19.1. The minimum Gasteiger partial charge on any atom is -0.508 e. The Morgan fingerprint density at radius 2 is 1.79 bits per heavy atom. The standard InChI is InChI=1S/C31H41FN4O6/c1-19-17-34-27(31(18-37)12-13-31)30(41)36(3)20(2)28(39)35-25(15-21-6-8-23(32)9-7-21)29(40)33-14-4-5-22-16-24(38)10-11-26(22)42-19/h6-11,16,19-20,25,27,34,37-38H,4-5,12-15,17-18H2,1-3H3,(H,33,40)(H,35,39)/t19-,20-,25-,27-/m1/s1. The average molecular weight is 585 g/mol. The van der Waals surface area contributed by atoms with Crippen LogP contribution in [-0.2, 0) is 27.2 Å². The van der Waals surface area contributed by atoms with Crippen LogP contribution in [0, 0.1) is 11.2 Å². The molecule has 2 aromatic rings. The zero-order chi connectivity index (χ0) is 30.4. The molecule has 42 heavy (non-hydrogen) atoms. The van der Waals surface area contributed by atoms with E-state index in [0.29, 0.717) is 50.1 Å². The van der Waals surface area contributed by atoms with Crippen LogP contribution in [0.15, 0.2) is 42.5 Å². The molecule has 1 saturated carbocycles. The molecule has 1 aliphatic carbocycles. The molecule has 11 heteroatoms. The van der Waals surface area contributed by atoms with Crippen molar-refractivity contribution >= 4 is 17.7 Å². The van der Waals surface area contributed by atoms with Crippen LogP contribution in [0.1, 0.15) is 44.2 Å². The summed E-state index contributed by atoms with van der Waals surface area (Å²) in [5, 5.41) is 29.2. The highest BCUT2D eigenvalue weighted by molar-refractivity contribution is 5.93. The number of ether oxygens (including phenoxy) is 1. The van der Waals surface area contributed by atoms with Crippen molar-refractivity contribution < 1.29 is 33.7 Å². The fourth-order valence-corrected chi connectivity index (χ4v) is 5.22. The Balaban J connectivity index is 1.61. The second-order valence-electron chi connectivity index (χ2n) is 11.5. The summed E-state index contributed by atoms with van der Waals surface area (Å²) >= 11 is 0. The molecule has 1 heterocycles. The largest absolute Gasteiger partial charge is 0.508 e.